The first-order valence-corrected chi connectivity index (χ1v) is 11.9. The lowest BCUT2D eigenvalue weighted by molar-refractivity contribution is -0.143. The fourth-order valence-corrected chi connectivity index (χ4v) is 5.02. The van der Waals surface area contributed by atoms with Crippen molar-refractivity contribution in [3.05, 3.63) is 52.6 Å². The molecule has 4 rings (SSSR count). The average molecular weight is 521 g/mol. The summed E-state index contributed by atoms with van der Waals surface area (Å²) in [6, 6.07) is 4.48. The van der Waals surface area contributed by atoms with Crippen molar-refractivity contribution in [2.75, 3.05) is 18.2 Å². The number of hydrogen-bond donors (Lipinski definition) is 3. The Morgan fingerprint density at radius 2 is 1.84 bits per heavy atom. The van der Waals surface area contributed by atoms with Crippen LogP contribution >= 0.6 is 0 Å². The van der Waals surface area contributed by atoms with Crippen LogP contribution in [0, 0.1) is 18.7 Å². The number of carboxylic acid groups (broad SMARTS) is 1. The highest BCUT2D eigenvalue weighted by atomic mass is 19.4. The zero-order chi connectivity index (χ0) is 27.1. The van der Waals surface area contributed by atoms with Crippen LogP contribution in [-0.4, -0.2) is 28.2 Å². The van der Waals surface area contributed by atoms with Gasteiger partial charge in [0.15, 0.2) is 0 Å². The van der Waals surface area contributed by atoms with Crippen LogP contribution in [0.15, 0.2) is 24.3 Å². The number of nitrogens with one attached hydrogen (secondary N) is 1. The van der Waals surface area contributed by atoms with E-state index in [0.29, 0.717) is 60.0 Å². The molecule has 0 saturated heterocycles. The monoisotopic (exact) mass is 520 g/mol. The minimum atomic E-state index is -4.89. The van der Waals surface area contributed by atoms with Crippen molar-refractivity contribution in [2.24, 2.45) is 5.92 Å². The van der Waals surface area contributed by atoms with E-state index in [-0.39, 0.29) is 23.1 Å². The number of carbonyl (C=O) groups is 1. The smallest absolute Gasteiger partial charge is 0.419 e. The van der Waals surface area contributed by atoms with Gasteiger partial charge in [0.2, 0.25) is 0 Å². The molecule has 1 aliphatic carbocycles. The Kier molecular flexibility index (Phi) is 7.16. The average Bonchev–Trinajstić information content (AvgIpc) is 2.83. The zero-order valence-electron chi connectivity index (χ0n) is 20.6. The molecule has 0 unspecified atom stereocenters. The Bertz CT molecular complexity index is 1340. The van der Waals surface area contributed by atoms with Crippen LogP contribution in [0.1, 0.15) is 67.1 Å². The molecule has 0 bridgehead atoms. The molecule has 1 saturated carbocycles. The molecule has 0 spiro atoms. The van der Waals surface area contributed by atoms with Crippen molar-refractivity contribution in [1.29, 1.82) is 0 Å². The number of hydrogen-bond acceptors (Lipinski definition) is 6. The lowest BCUT2D eigenvalue weighted by atomic mass is 9.78. The van der Waals surface area contributed by atoms with Gasteiger partial charge in [-0.3, -0.25) is 4.79 Å². The van der Waals surface area contributed by atoms with E-state index in [9.17, 15) is 27.5 Å². The van der Waals surface area contributed by atoms with Crippen LogP contribution in [0.25, 0.3) is 10.9 Å². The first kappa shape index (κ1) is 26.4. The molecule has 7 nitrogen and oxygen atoms in total. The van der Waals surface area contributed by atoms with Crippen molar-refractivity contribution in [3.63, 3.8) is 0 Å². The van der Waals surface area contributed by atoms with Gasteiger partial charge in [0.1, 0.15) is 23.2 Å². The Morgan fingerprint density at radius 1 is 1.16 bits per heavy atom. The molecule has 1 fully saturated rings. The highest BCUT2D eigenvalue weighted by Crippen LogP contribution is 2.42. The predicted octanol–water partition coefficient (Wildman–Crippen LogP) is 6.22. The number of ether oxygens (including phenoxy) is 1. The molecular formula is C26H28F4N4O3. The molecule has 1 atom stereocenters. The number of nitrogen functional groups attached to an aromatic ring is 1. The minimum absolute atomic E-state index is 0.0576. The van der Waals surface area contributed by atoms with E-state index >= 15 is 0 Å². The number of anilines is 2. The van der Waals surface area contributed by atoms with E-state index < -0.39 is 29.6 Å². The third-order valence-electron chi connectivity index (χ3n) is 6.92. The predicted molar refractivity (Wildman–Crippen MR) is 131 cm³/mol. The number of nitrogens with zero attached hydrogens (tertiary/aromatic N) is 2. The Balaban J connectivity index is 1.74. The van der Waals surface area contributed by atoms with E-state index in [1.807, 2.05) is 6.07 Å². The number of aromatic nitrogens is 2. The van der Waals surface area contributed by atoms with Crippen molar-refractivity contribution in [3.8, 4) is 5.75 Å². The van der Waals surface area contributed by atoms with Gasteiger partial charge in [0.05, 0.1) is 30.1 Å². The summed E-state index contributed by atoms with van der Waals surface area (Å²) in [4.78, 5) is 20.3. The van der Waals surface area contributed by atoms with Gasteiger partial charge >= 0.3 is 12.1 Å². The Morgan fingerprint density at radius 3 is 2.43 bits per heavy atom. The molecule has 0 aliphatic heterocycles. The van der Waals surface area contributed by atoms with Crippen molar-refractivity contribution >= 4 is 28.4 Å². The third-order valence-corrected chi connectivity index (χ3v) is 6.92. The first-order valence-electron chi connectivity index (χ1n) is 11.9. The molecule has 3 aromatic rings. The van der Waals surface area contributed by atoms with E-state index in [1.165, 1.54) is 13.0 Å². The largest absolute Gasteiger partial charge is 0.496 e. The lowest BCUT2D eigenvalue weighted by Crippen LogP contribution is -2.20. The normalized spacial score (nSPS) is 19.0. The van der Waals surface area contributed by atoms with Crippen LogP contribution in [0.3, 0.4) is 0 Å². The molecule has 1 aromatic heterocycles. The molecule has 0 amide bonds. The maximum Gasteiger partial charge on any atom is 0.419 e. The van der Waals surface area contributed by atoms with E-state index in [1.54, 1.807) is 20.1 Å². The summed E-state index contributed by atoms with van der Waals surface area (Å²) >= 11 is 0. The second-order valence-corrected chi connectivity index (χ2v) is 9.45. The number of methoxy groups -OCH3 is 1. The van der Waals surface area contributed by atoms with E-state index in [0.717, 1.165) is 5.56 Å². The van der Waals surface area contributed by atoms with E-state index in [2.05, 4.69) is 15.3 Å². The standard InChI is InChI=1S/C26H28F4N4O3/c1-12(17-8-16(31)9-20(23(17)27)26(28,29)30)32-24-19-10-18(14-4-6-15(7-5-14)25(35)36)22(37-3)11-21(19)33-13(2)34-24/h8-12,14-15H,4-7,31H2,1-3H3,(H,35,36)(H,32,33,34)/t12-,14?,15?/m1/s1. The highest BCUT2D eigenvalue weighted by molar-refractivity contribution is 5.91. The van der Waals surface area contributed by atoms with E-state index in [4.69, 9.17) is 10.5 Å². The van der Waals surface area contributed by atoms with Crippen LogP contribution < -0.4 is 15.8 Å². The molecular weight excluding hydrogens is 492 g/mol. The van der Waals surface area contributed by atoms with Crippen LogP contribution in [-0.2, 0) is 11.0 Å². The van der Waals surface area contributed by atoms with Gasteiger partial charge < -0.3 is 20.9 Å². The maximum atomic E-state index is 14.9. The summed E-state index contributed by atoms with van der Waals surface area (Å²) in [5.41, 5.74) is 5.21. The highest BCUT2D eigenvalue weighted by Gasteiger charge is 2.36. The molecule has 4 N–H and O–H groups in total. The van der Waals surface area contributed by atoms with Crippen molar-refractivity contribution < 1.29 is 32.2 Å². The summed E-state index contributed by atoms with van der Waals surface area (Å²) < 4.78 is 60.5. The Labute approximate surface area is 211 Å². The van der Waals surface area contributed by atoms with Crippen LogP contribution in [0.5, 0.6) is 5.75 Å². The van der Waals surface area contributed by atoms with Crippen LogP contribution in [0.4, 0.5) is 29.1 Å². The maximum absolute atomic E-state index is 14.9. The SMILES string of the molecule is COc1cc2nc(C)nc(N[C@H](C)c3cc(N)cc(C(F)(F)F)c3F)c2cc1C1CCC(C(=O)O)CC1. The Hall–Kier alpha value is -3.63. The van der Waals surface area contributed by atoms with Gasteiger partial charge in [-0.25, -0.2) is 14.4 Å². The topological polar surface area (TPSA) is 110 Å². The minimum Gasteiger partial charge on any atom is -0.496 e. The van der Waals surface area contributed by atoms with Gasteiger partial charge in [-0.2, -0.15) is 13.2 Å². The fraction of sp³-hybridized carbons (Fsp3) is 0.423. The second kappa shape index (κ2) is 10.0. The summed E-state index contributed by atoms with van der Waals surface area (Å²) in [6.07, 6.45) is -2.47. The number of benzene rings is 2. The molecule has 1 heterocycles. The number of alkyl halides is 3. The van der Waals surface area contributed by atoms with Crippen molar-refractivity contribution in [1.82, 2.24) is 9.97 Å². The third kappa shape index (κ3) is 5.40. The van der Waals surface area contributed by atoms with Gasteiger partial charge in [-0.05, 0) is 69.2 Å². The van der Waals surface area contributed by atoms with Gasteiger partial charge in [-0.1, -0.05) is 0 Å². The number of aliphatic carboxylic acids is 1. The fourth-order valence-electron chi connectivity index (χ4n) is 5.02. The summed E-state index contributed by atoms with van der Waals surface area (Å²) in [5.74, 6) is -1.16. The van der Waals surface area contributed by atoms with Gasteiger partial charge in [0.25, 0.3) is 0 Å². The second-order valence-electron chi connectivity index (χ2n) is 9.45. The van der Waals surface area contributed by atoms with Gasteiger partial charge in [-0.15, -0.1) is 0 Å². The molecule has 198 valence electrons. The molecule has 0 radical (unpaired) electrons. The van der Waals surface area contributed by atoms with Gasteiger partial charge in [0, 0.05) is 22.7 Å². The molecule has 1 aliphatic rings. The first-order chi connectivity index (χ1) is 17.4. The number of aryl methyl sites for hydroxylation is 1. The van der Waals surface area contributed by atoms with Crippen LogP contribution in [0.2, 0.25) is 0 Å². The number of fused-ring (bicyclic) bond motifs is 1. The van der Waals surface area contributed by atoms with Crippen molar-refractivity contribution in [2.45, 2.75) is 57.7 Å². The summed E-state index contributed by atoms with van der Waals surface area (Å²) in [7, 11) is 1.55. The quantitative estimate of drug-likeness (QED) is 0.261. The molecule has 37 heavy (non-hydrogen) atoms. The number of halogens is 4. The zero-order valence-corrected chi connectivity index (χ0v) is 20.6. The number of rotatable bonds is 6. The summed E-state index contributed by atoms with van der Waals surface area (Å²) in [5, 5.41) is 13.0. The summed E-state index contributed by atoms with van der Waals surface area (Å²) in [6.45, 7) is 3.20. The molecule has 11 heteroatoms. The molecule has 2 aromatic carbocycles. The number of nitrogens with two attached hydrogens (primary N) is 1. The lowest BCUT2D eigenvalue weighted by Gasteiger charge is -2.28. The number of carboxylic acids is 1.